The number of rotatable bonds is 2. The van der Waals surface area contributed by atoms with Gasteiger partial charge in [0.2, 0.25) is 0 Å². The molecule has 2 rings (SSSR count). The van der Waals surface area contributed by atoms with Crippen molar-refractivity contribution >= 4 is 22.6 Å². The van der Waals surface area contributed by atoms with Crippen LogP contribution in [0.2, 0.25) is 0 Å². The molecule has 0 spiro atoms. The summed E-state index contributed by atoms with van der Waals surface area (Å²) in [6, 6.07) is 10.2. The quantitative estimate of drug-likeness (QED) is 0.826. The van der Waals surface area contributed by atoms with Crippen molar-refractivity contribution in [2.45, 2.75) is 25.8 Å². The molecule has 1 aromatic carbocycles. The molecule has 1 aliphatic rings. The molecule has 80 valence electrons. The van der Waals surface area contributed by atoms with Gasteiger partial charge in [-0.15, -0.1) is 0 Å². The molecule has 0 bridgehead atoms. The summed E-state index contributed by atoms with van der Waals surface area (Å²) in [4.78, 5) is 4.70. The Morgan fingerprint density at radius 3 is 2.73 bits per heavy atom. The zero-order valence-electron chi connectivity index (χ0n) is 9.16. The molecular formula is C12H16N2S. The minimum absolute atomic E-state index is 0.127. The number of benzene rings is 1. The zero-order chi connectivity index (χ0) is 10.7. The van der Waals surface area contributed by atoms with Crippen LogP contribution in [0.4, 0.5) is 5.69 Å². The minimum atomic E-state index is 0.127. The van der Waals surface area contributed by atoms with Gasteiger partial charge >= 0.3 is 0 Å². The van der Waals surface area contributed by atoms with Gasteiger partial charge in [-0.1, -0.05) is 36.9 Å². The molecule has 1 heterocycles. The van der Waals surface area contributed by atoms with Crippen molar-refractivity contribution in [2.75, 3.05) is 11.1 Å². The fraction of sp³-hybridized carbons (Fsp3) is 0.417. The van der Waals surface area contributed by atoms with E-state index in [2.05, 4.69) is 31.3 Å². The second-order valence-electron chi connectivity index (χ2n) is 4.05. The largest absolute Gasteiger partial charge is 0.335 e. The predicted molar refractivity (Wildman–Crippen MR) is 68.7 cm³/mol. The van der Waals surface area contributed by atoms with Gasteiger partial charge in [0.1, 0.15) is 0 Å². The number of amidine groups is 1. The molecule has 0 amide bonds. The van der Waals surface area contributed by atoms with E-state index in [1.807, 2.05) is 30.0 Å². The summed E-state index contributed by atoms with van der Waals surface area (Å²) in [7, 11) is 0. The molecule has 1 aromatic rings. The van der Waals surface area contributed by atoms with Crippen LogP contribution in [0.1, 0.15) is 20.3 Å². The van der Waals surface area contributed by atoms with Gasteiger partial charge in [-0.3, -0.25) is 4.99 Å². The third-order valence-corrected chi connectivity index (χ3v) is 3.91. The van der Waals surface area contributed by atoms with Crippen LogP contribution >= 0.6 is 11.8 Å². The molecule has 15 heavy (non-hydrogen) atoms. The monoisotopic (exact) mass is 220 g/mol. The lowest BCUT2D eigenvalue weighted by Gasteiger charge is -2.15. The summed E-state index contributed by atoms with van der Waals surface area (Å²) in [5.74, 6) is 1.08. The van der Waals surface area contributed by atoms with Crippen molar-refractivity contribution in [3.8, 4) is 0 Å². The van der Waals surface area contributed by atoms with Crippen molar-refractivity contribution in [1.82, 2.24) is 0 Å². The highest BCUT2D eigenvalue weighted by Gasteiger charge is 2.28. The Balaban J connectivity index is 2.06. The number of hydrogen-bond donors (Lipinski definition) is 1. The number of anilines is 1. The summed E-state index contributed by atoms with van der Waals surface area (Å²) in [6.07, 6.45) is 1.10. The lowest BCUT2D eigenvalue weighted by Crippen LogP contribution is -2.20. The van der Waals surface area contributed by atoms with E-state index in [0.717, 1.165) is 23.0 Å². The van der Waals surface area contributed by atoms with Gasteiger partial charge in [0, 0.05) is 11.4 Å². The van der Waals surface area contributed by atoms with E-state index in [1.165, 1.54) is 0 Å². The van der Waals surface area contributed by atoms with Gasteiger partial charge in [0.05, 0.1) is 5.54 Å². The topological polar surface area (TPSA) is 24.4 Å². The Morgan fingerprint density at radius 1 is 1.40 bits per heavy atom. The second kappa shape index (κ2) is 4.27. The Kier molecular flexibility index (Phi) is 3.00. The molecule has 1 atom stereocenters. The summed E-state index contributed by atoms with van der Waals surface area (Å²) in [5.41, 5.74) is 1.24. The SMILES string of the molecule is CCC1(C)CSC(Nc2ccccc2)=N1. The second-order valence-corrected chi connectivity index (χ2v) is 5.01. The maximum absolute atomic E-state index is 4.70. The van der Waals surface area contributed by atoms with Crippen molar-refractivity contribution in [2.24, 2.45) is 4.99 Å². The number of nitrogens with one attached hydrogen (secondary N) is 1. The first-order chi connectivity index (χ1) is 7.22. The first-order valence-electron chi connectivity index (χ1n) is 5.26. The third-order valence-electron chi connectivity index (χ3n) is 2.68. The van der Waals surface area contributed by atoms with E-state index in [1.54, 1.807) is 0 Å². The number of para-hydroxylation sites is 1. The number of hydrogen-bond acceptors (Lipinski definition) is 3. The molecule has 0 aliphatic carbocycles. The van der Waals surface area contributed by atoms with Crippen LogP contribution in [-0.4, -0.2) is 16.5 Å². The van der Waals surface area contributed by atoms with Gasteiger partial charge in [-0.2, -0.15) is 0 Å². The van der Waals surface area contributed by atoms with Crippen LogP contribution in [0.5, 0.6) is 0 Å². The smallest absolute Gasteiger partial charge is 0.161 e. The first kappa shape index (κ1) is 10.6. The van der Waals surface area contributed by atoms with Gasteiger partial charge in [-0.25, -0.2) is 0 Å². The van der Waals surface area contributed by atoms with Crippen molar-refractivity contribution in [3.05, 3.63) is 30.3 Å². The molecule has 0 aromatic heterocycles. The van der Waals surface area contributed by atoms with Crippen LogP contribution < -0.4 is 5.32 Å². The first-order valence-corrected chi connectivity index (χ1v) is 6.25. The van der Waals surface area contributed by atoms with Crippen LogP contribution in [0.3, 0.4) is 0 Å². The fourth-order valence-electron chi connectivity index (χ4n) is 1.42. The molecule has 0 saturated heterocycles. The molecule has 0 radical (unpaired) electrons. The zero-order valence-corrected chi connectivity index (χ0v) is 9.97. The standard InChI is InChI=1S/C12H16N2S/c1-3-12(2)9-15-11(14-12)13-10-7-5-4-6-8-10/h4-8H,3,9H2,1-2H3,(H,13,14). The van der Waals surface area contributed by atoms with Crippen molar-refractivity contribution in [3.63, 3.8) is 0 Å². The molecule has 1 aliphatic heterocycles. The summed E-state index contributed by atoms with van der Waals surface area (Å²) >= 11 is 1.81. The Bertz CT molecular complexity index is 361. The highest BCUT2D eigenvalue weighted by molar-refractivity contribution is 8.14. The van der Waals surface area contributed by atoms with Crippen LogP contribution in [-0.2, 0) is 0 Å². The molecule has 1 N–H and O–H groups in total. The van der Waals surface area contributed by atoms with E-state index in [0.29, 0.717) is 0 Å². The summed E-state index contributed by atoms with van der Waals surface area (Å²) < 4.78 is 0. The average molecular weight is 220 g/mol. The summed E-state index contributed by atoms with van der Waals surface area (Å²) in [6.45, 7) is 4.40. The van der Waals surface area contributed by atoms with Gasteiger partial charge in [0.25, 0.3) is 0 Å². The molecule has 3 heteroatoms. The van der Waals surface area contributed by atoms with Gasteiger partial charge < -0.3 is 5.32 Å². The molecule has 0 fully saturated rings. The lowest BCUT2D eigenvalue weighted by molar-refractivity contribution is 0.523. The molecule has 0 saturated carbocycles. The minimum Gasteiger partial charge on any atom is -0.335 e. The van der Waals surface area contributed by atoms with Crippen molar-refractivity contribution in [1.29, 1.82) is 0 Å². The van der Waals surface area contributed by atoms with E-state index < -0.39 is 0 Å². The Morgan fingerprint density at radius 2 is 2.13 bits per heavy atom. The highest BCUT2D eigenvalue weighted by atomic mass is 32.2. The third kappa shape index (κ3) is 2.53. The maximum Gasteiger partial charge on any atom is 0.161 e. The highest BCUT2D eigenvalue weighted by Crippen LogP contribution is 2.30. The summed E-state index contributed by atoms with van der Waals surface area (Å²) in [5, 5.41) is 4.39. The Labute approximate surface area is 95.2 Å². The number of nitrogens with zero attached hydrogens (tertiary/aromatic N) is 1. The lowest BCUT2D eigenvalue weighted by atomic mass is 10.0. The van der Waals surface area contributed by atoms with Crippen LogP contribution in [0, 0.1) is 0 Å². The molecular weight excluding hydrogens is 204 g/mol. The van der Waals surface area contributed by atoms with Crippen LogP contribution in [0.15, 0.2) is 35.3 Å². The van der Waals surface area contributed by atoms with E-state index >= 15 is 0 Å². The Hall–Kier alpha value is -0.960. The van der Waals surface area contributed by atoms with E-state index in [4.69, 9.17) is 4.99 Å². The van der Waals surface area contributed by atoms with Gasteiger partial charge in [-0.05, 0) is 25.5 Å². The normalized spacial score (nSPS) is 25.1. The predicted octanol–water partition coefficient (Wildman–Crippen LogP) is 3.37. The van der Waals surface area contributed by atoms with Crippen molar-refractivity contribution < 1.29 is 0 Å². The number of thioether (sulfide) groups is 1. The van der Waals surface area contributed by atoms with E-state index in [9.17, 15) is 0 Å². The molecule has 1 unspecified atom stereocenters. The number of aliphatic imine (C=N–C) groups is 1. The van der Waals surface area contributed by atoms with Crippen LogP contribution in [0.25, 0.3) is 0 Å². The molecule has 2 nitrogen and oxygen atoms in total. The van der Waals surface area contributed by atoms with Gasteiger partial charge in [0.15, 0.2) is 5.17 Å². The fourth-order valence-corrected chi connectivity index (χ4v) is 2.61. The average Bonchev–Trinajstić information content (AvgIpc) is 2.63. The van der Waals surface area contributed by atoms with E-state index in [-0.39, 0.29) is 5.54 Å². The maximum atomic E-state index is 4.70.